The summed E-state index contributed by atoms with van der Waals surface area (Å²) in [7, 11) is 0. The molecule has 19 heavy (non-hydrogen) atoms. The van der Waals surface area contributed by atoms with Gasteiger partial charge in [0, 0.05) is 24.5 Å². The van der Waals surface area contributed by atoms with Gasteiger partial charge in [-0.2, -0.15) is 0 Å². The Hall–Kier alpha value is -2.35. The van der Waals surface area contributed by atoms with E-state index in [1.165, 1.54) is 11.1 Å². The van der Waals surface area contributed by atoms with Crippen molar-refractivity contribution in [2.24, 2.45) is 0 Å². The van der Waals surface area contributed by atoms with Gasteiger partial charge in [0.2, 0.25) is 0 Å². The lowest BCUT2D eigenvalue weighted by atomic mass is 10.0. The molecule has 0 spiro atoms. The summed E-state index contributed by atoms with van der Waals surface area (Å²) in [5.74, 6) is 1.03. The second kappa shape index (κ2) is 5.11. The molecule has 0 fully saturated rings. The summed E-state index contributed by atoms with van der Waals surface area (Å²) in [5, 5.41) is 0. The van der Waals surface area contributed by atoms with Crippen LogP contribution in [0.25, 0.3) is 22.5 Å². The molecule has 0 amide bonds. The highest BCUT2D eigenvalue weighted by atomic mass is 15.0. The van der Waals surface area contributed by atoms with Gasteiger partial charge in [-0.1, -0.05) is 54.6 Å². The molecule has 0 aliphatic heterocycles. The van der Waals surface area contributed by atoms with Gasteiger partial charge in [-0.3, -0.25) is 0 Å². The number of benzene rings is 2. The normalized spacial score (nSPS) is 10.6. The molecule has 2 aromatic carbocycles. The van der Waals surface area contributed by atoms with Crippen LogP contribution in [0.2, 0.25) is 0 Å². The van der Waals surface area contributed by atoms with Crippen molar-refractivity contribution in [1.82, 2.24) is 9.55 Å². The fraction of sp³-hybridized carbons (Fsp3) is 0.118. The Morgan fingerprint density at radius 2 is 1.47 bits per heavy atom. The van der Waals surface area contributed by atoms with Crippen LogP contribution in [0.3, 0.4) is 0 Å². The number of aromatic nitrogens is 2. The van der Waals surface area contributed by atoms with E-state index in [0.717, 1.165) is 17.9 Å². The van der Waals surface area contributed by atoms with E-state index in [-0.39, 0.29) is 0 Å². The van der Waals surface area contributed by atoms with Crippen molar-refractivity contribution in [3.05, 3.63) is 67.0 Å². The summed E-state index contributed by atoms with van der Waals surface area (Å²) in [6.07, 6.45) is 3.87. The molecule has 0 radical (unpaired) electrons. The summed E-state index contributed by atoms with van der Waals surface area (Å²) in [6, 6.07) is 19.0. The standard InChI is InChI=1S/C17H16N2/c1-2-19-13-12-18-17(19)16-10-8-15(9-11-16)14-6-4-3-5-7-14/h3-13H,2H2,1H3. The maximum absolute atomic E-state index is 4.42. The minimum Gasteiger partial charge on any atom is -0.331 e. The third kappa shape index (κ3) is 2.29. The van der Waals surface area contributed by atoms with Gasteiger partial charge >= 0.3 is 0 Å². The van der Waals surface area contributed by atoms with Gasteiger partial charge in [0.25, 0.3) is 0 Å². The molecule has 0 N–H and O–H groups in total. The molecule has 0 aliphatic carbocycles. The predicted octanol–water partition coefficient (Wildman–Crippen LogP) is 4.24. The first kappa shape index (κ1) is 11.7. The lowest BCUT2D eigenvalue weighted by Crippen LogP contribution is -1.95. The van der Waals surface area contributed by atoms with Crippen molar-refractivity contribution in [2.45, 2.75) is 13.5 Å². The number of hydrogen-bond donors (Lipinski definition) is 0. The largest absolute Gasteiger partial charge is 0.331 e. The van der Waals surface area contributed by atoms with Crippen LogP contribution in [0.15, 0.2) is 67.0 Å². The van der Waals surface area contributed by atoms with Crippen LogP contribution in [0.5, 0.6) is 0 Å². The zero-order valence-electron chi connectivity index (χ0n) is 11.0. The van der Waals surface area contributed by atoms with Crippen molar-refractivity contribution in [3.8, 4) is 22.5 Å². The van der Waals surface area contributed by atoms with E-state index in [1.807, 2.05) is 18.5 Å². The fourth-order valence-electron chi connectivity index (χ4n) is 2.27. The van der Waals surface area contributed by atoms with Gasteiger partial charge in [-0.15, -0.1) is 0 Å². The fourth-order valence-corrected chi connectivity index (χ4v) is 2.27. The Morgan fingerprint density at radius 3 is 2.16 bits per heavy atom. The zero-order valence-corrected chi connectivity index (χ0v) is 11.0. The summed E-state index contributed by atoms with van der Waals surface area (Å²) in [5.41, 5.74) is 3.64. The zero-order chi connectivity index (χ0) is 13.1. The van der Waals surface area contributed by atoms with Crippen molar-refractivity contribution >= 4 is 0 Å². The Kier molecular flexibility index (Phi) is 3.15. The molecule has 0 saturated carbocycles. The Bertz CT molecular complexity index is 651. The maximum atomic E-state index is 4.42. The highest BCUT2D eigenvalue weighted by Crippen LogP contribution is 2.23. The van der Waals surface area contributed by atoms with E-state index in [9.17, 15) is 0 Å². The predicted molar refractivity (Wildman–Crippen MR) is 78.8 cm³/mol. The van der Waals surface area contributed by atoms with E-state index in [2.05, 4.69) is 65.0 Å². The van der Waals surface area contributed by atoms with Crippen molar-refractivity contribution in [3.63, 3.8) is 0 Å². The second-order valence-electron chi connectivity index (χ2n) is 4.48. The van der Waals surface area contributed by atoms with Gasteiger partial charge in [-0.05, 0) is 18.1 Å². The molecule has 0 bridgehead atoms. The van der Waals surface area contributed by atoms with Crippen LogP contribution in [0.4, 0.5) is 0 Å². The Balaban J connectivity index is 1.96. The minimum absolute atomic E-state index is 0.940. The molecule has 0 aliphatic rings. The van der Waals surface area contributed by atoms with Crippen molar-refractivity contribution < 1.29 is 0 Å². The van der Waals surface area contributed by atoms with E-state index in [0.29, 0.717) is 0 Å². The molecule has 3 rings (SSSR count). The second-order valence-corrected chi connectivity index (χ2v) is 4.48. The van der Waals surface area contributed by atoms with Crippen LogP contribution < -0.4 is 0 Å². The number of imidazole rings is 1. The summed E-state index contributed by atoms with van der Waals surface area (Å²) >= 11 is 0. The van der Waals surface area contributed by atoms with Crippen molar-refractivity contribution in [1.29, 1.82) is 0 Å². The van der Waals surface area contributed by atoms with Gasteiger partial charge in [0.1, 0.15) is 5.82 Å². The highest BCUT2D eigenvalue weighted by Gasteiger charge is 2.04. The molecule has 2 nitrogen and oxygen atoms in total. The van der Waals surface area contributed by atoms with E-state index in [1.54, 1.807) is 0 Å². The molecule has 0 unspecified atom stereocenters. The number of aryl methyl sites for hydroxylation is 1. The molecular weight excluding hydrogens is 232 g/mol. The van der Waals surface area contributed by atoms with E-state index in [4.69, 9.17) is 0 Å². The monoisotopic (exact) mass is 248 g/mol. The lowest BCUT2D eigenvalue weighted by Gasteiger charge is -2.06. The first-order valence-electron chi connectivity index (χ1n) is 6.55. The van der Waals surface area contributed by atoms with Crippen LogP contribution in [0, 0.1) is 0 Å². The minimum atomic E-state index is 0.940. The van der Waals surface area contributed by atoms with E-state index >= 15 is 0 Å². The summed E-state index contributed by atoms with van der Waals surface area (Å²) in [4.78, 5) is 4.42. The molecule has 0 saturated heterocycles. The highest BCUT2D eigenvalue weighted by molar-refractivity contribution is 5.67. The molecule has 3 aromatic rings. The molecule has 0 atom stereocenters. The number of hydrogen-bond acceptors (Lipinski definition) is 1. The Labute approximate surface area is 113 Å². The van der Waals surface area contributed by atoms with Crippen LogP contribution in [-0.4, -0.2) is 9.55 Å². The van der Waals surface area contributed by atoms with Gasteiger partial charge in [0.15, 0.2) is 0 Å². The first-order valence-corrected chi connectivity index (χ1v) is 6.55. The van der Waals surface area contributed by atoms with Crippen LogP contribution in [-0.2, 0) is 6.54 Å². The Morgan fingerprint density at radius 1 is 0.842 bits per heavy atom. The smallest absolute Gasteiger partial charge is 0.139 e. The van der Waals surface area contributed by atoms with Gasteiger partial charge in [0.05, 0.1) is 0 Å². The van der Waals surface area contributed by atoms with E-state index < -0.39 is 0 Å². The quantitative estimate of drug-likeness (QED) is 0.678. The number of rotatable bonds is 3. The summed E-state index contributed by atoms with van der Waals surface area (Å²) < 4.78 is 2.15. The number of nitrogens with zero attached hydrogens (tertiary/aromatic N) is 2. The average Bonchev–Trinajstić information content (AvgIpc) is 2.97. The van der Waals surface area contributed by atoms with Gasteiger partial charge in [-0.25, -0.2) is 4.98 Å². The van der Waals surface area contributed by atoms with Crippen LogP contribution in [0.1, 0.15) is 6.92 Å². The van der Waals surface area contributed by atoms with Crippen LogP contribution >= 0.6 is 0 Å². The lowest BCUT2D eigenvalue weighted by molar-refractivity contribution is 0.771. The molecule has 94 valence electrons. The first-order chi connectivity index (χ1) is 9.38. The molecule has 1 aromatic heterocycles. The van der Waals surface area contributed by atoms with Gasteiger partial charge < -0.3 is 4.57 Å². The topological polar surface area (TPSA) is 17.8 Å². The average molecular weight is 248 g/mol. The molecule has 2 heteroatoms. The SMILES string of the molecule is CCn1ccnc1-c1ccc(-c2ccccc2)cc1. The maximum Gasteiger partial charge on any atom is 0.139 e. The third-order valence-electron chi connectivity index (χ3n) is 3.31. The molecule has 1 heterocycles. The third-order valence-corrected chi connectivity index (χ3v) is 3.31. The van der Waals surface area contributed by atoms with Crippen molar-refractivity contribution in [2.75, 3.05) is 0 Å². The molecular formula is C17H16N2. The summed E-state index contributed by atoms with van der Waals surface area (Å²) in [6.45, 7) is 3.07.